The third-order valence-electron chi connectivity index (χ3n) is 3.17. The fraction of sp³-hybridized carbons (Fsp3) is 0.692. The van der Waals surface area contributed by atoms with Crippen LogP contribution in [-0.4, -0.2) is 54.8 Å². The van der Waals surface area contributed by atoms with Crippen LogP contribution in [0.5, 0.6) is 0 Å². The summed E-state index contributed by atoms with van der Waals surface area (Å²) in [6.45, 7) is 5.95. The SMILES string of the molecule is CCN(CC(=O)N(C)C)c1c(CNC)c(C)nn1C. The number of carbonyl (C=O) groups is 1. The summed E-state index contributed by atoms with van der Waals surface area (Å²) in [6.07, 6.45) is 0. The van der Waals surface area contributed by atoms with Gasteiger partial charge in [0.25, 0.3) is 0 Å². The molecule has 0 saturated carbocycles. The summed E-state index contributed by atoms with van der Waals surface area (Å²) in [6, 6.07) is 0. The van der Waals surface area contributed by atoms with E-state index in [9.17, 15) is 4.79 Å². The van der Waals surface area contributed by atoms with Crippen molar-refractivity contribution in [3.8, 4) is 0 Å². The van der Waals surface area contributed by atoms with Gasteiger partial charge >= 0.3 is 0 Å². The van der Waals surface area contributed by atoms with E-state index in [-0.39, 0.29) is 5.91 Å². The first kappa shape index (κ1) is 15.5. The van der Waals surface area contributed by atoms with Crippen molar-refractivity contribution in [1.82, 2.24) is 20.0 Å². The number of rotatable bonds is 6. The molecule has 0 aromatic carbocycles. The number of hydrogen-bond donors (Lipinski definition) is 1. The van der Waals surface area contributed by atoms with Gasteiger partial charge in [-0.2, -0.15) is 5.10 Å². The Kier molecular flexibility index (Phi) is 5.35. The maximum Gasteiger partial charge on any atom is 0.241 e. The van der Waals surface area contributed by atoms with Crippen LogP contribution in [0.2, 0.25) is 0 Å². The van der Waals surface area contributed by atoms with Crippen LogP contribution in [0.15, 0.2) is 0 Å². The molecule has 1 N–H and O–H groups in total. The molecule has 19 heavy (non-hydrogen) atoms. The minimum atomic E-state index is 0.0936. The normalized spacial score (nSPS) is 10.6. The molecular weight excluding hydrogens is 242 g/mol. The standard InChI is InChI=1S/C13H25N5O/c1-7-18(9-12(19)16(4)5)13-11(8-14-3)10(2)15-17(13)6/h14H,7-9H2,1-6H3. The largest absolute Gasteiger partial charge is 0.348 e. The van der Waals surface area contributed by atoms with Crippen molar-refractivity contribution in [1.29, 1.82) is 0 Å². The summed E-state index contributed by atoms with van der Waals surface area (Å²) in [5.41, 5.74) is 2.15. The highest BCUT2D eigenvalue weighted by Crippen LogP contribution is 2.23. The number of aromatic nitrogens is 2. The van der Waals surface area contributed by atoms with Gasteiger partial charge in [-0.05, 0) is 20.9 Å². The van der Waals surface area contributed by atoms with Crippen LogP contribution >= 0.6 is 0 Å². The van der Waals surface area contributed by atoms with Gasteiger partial charge in [0.1, 0.15) is 5.82 Å². The Hall–Kier alpha value is -1.56. The van der Waals surface area contributed by atoms with E-state index in [4.69, 9.17) is 0 Å². The highest BCUT2D eigenvalue weighted by Gasteiger charge is 2.20. The van der Waals surface area contributed by atoms with Crippen LogP contribution in [0.25, 0.3) is 0 Å². The third kappa shape index (κ3) is 3.47. The van der Waals surface area contributed by atoms with E-state index in [0.717, 1.165) is 30.2 Å². The summed E-state index contributed by atoms with van der Waals surface area (Å²) in [4.78, 5) is 15.6. The second-order valence-electron chi connectivity index (χ2n) is 4.84. The Morgan fingerprint density at radius 3 is 2.53 bits per heavy atom. The van der Waals surface area contributed by atoms with Crippen LogP contribution in [0.3, 0.4) is 0 Å². The number of amides is 1. The van der Waals surface area contributed by atoms with Crippen LogP contribution in [-0.2, 0) is 18.4 Å². The smallest absolute Gasteiger partial charge is 0.241 e. The zero-order chi connectivity index (χ0) is 14.6. The van der Waals surface area contributed by atoms with Gasteiger partial charge in [-0.1, -0.05) is 0 Å². The van der Waals surface area contributed by atoms with Crippen LogP contribution in [0.4, 0.5) is 5.82 Å². The third-order valence-corrected chi connectivity index (χ3v) is 3.17. The van der Waals surface area contributed by atoms with Crippen molar-refractivity contribution >= 4 is 11.7 Å². The Labute approximate surface area is 115 Å². The van der Waals surface area contributed by atoms with E-state index in [1.165, 1.54) is 0 Å². The predicted molar refractivity (Wildman–Crippen MR) is 77.3 cm³/mol. The first-order valence-electron chi connectivity index (χ1n) is 6.54. The zero-order valence-electron chi connectivity index (χ0n) is 12.8. The van der Waals surface area contributed by atoms with Crippen molar-refractivity contribution in [2.75, 3.05) is 39.1 Å². The van der Waals surface area contributed by atoms with Crippen molar-refractivity contribution in [3.63, 3.8) is 0 Å². The molecule has 0 saturated heterocycles. The van der Waals surface area contributed by atoms with E-state index in [1.807, 2.05) is 25.7 Å². The van der Waals surface area contributed by atoms with E-state index in [1.54, 1.807) is 19.0 Å². The van der Waals surface area contributed by atoms with E-state index < -0.39 is 0 Å². The summed E-state index contributed by atoms with van der Waals surface area (Å²) < 4.78 is 1.86. The Bertz CT molecular complexity index is 438. The molecule has 6 nitrogen and oxygen atoms in total. The maximum absolute atomic E-state index is 11.9. The summed E-state index contributed by atoms with van der Waals surface area (Å²) >= 11 is 0. The highest BCUT2D eigenvalue weighted by atomic mass is 16.2. The summed E-state index contributed by atoms with van der Waals surface area (Å²) in [5, 5.41) is 7.62. The molecule has 0 bridgehead atoms. The van der Waals surface area contributed by atoms with Crippen molar-refractivity contribution in [2.45, 2.75) is 20.4 Å². The zero-order valence-corrected chi connectivity index (χ0v) is 12.8. The summed E-state index contributed by atoms with van der Waals surface area (Å²) in [5.74, 6) is 1.11. The van der Waals surface area contributed by atoms with E-state index in [0.29, 0.717) is 6.54 Å². The Morgan fingerprint density at radius 2 is 2.05 bits per heavy atom. The van der Waals surface area contributed by atoms with Crippen LogP contribution < -0.4 is 10.2 Å². The number of likely N-dealkylation sites (N-methyl/N-ethyl adjacent to an activating group) is 2. The molecule has 0 unspecified atom stereocenters. The number of aryl methyl sites for hydroxylation is 2. The Morgan fingerprint density at radius 1 is 1.42 bits per heavy atom. The molecule has 0 aliphatic carbocycles. The molecule has 1 heterocycles. The first-order valence-corrected chi connectivity index (χ1v) is 6.54. The second-order valence-corrected chi connectivity index (χ2v) is 4.84. The highest BCUT2D eigenvalue weighted by molar-refractivity contribution is 5.81. The molecule has 0 radical (unpaired) electrons. The van der Waals surface area contributed by atoms with Gasteiger partial charge in [0.05, 0.1) is 12.2 Å². The molecule has 1 aromatic rings. The number of nitrogens with zero attached hydrogens (tertiary/aromatic N) is 4. The fourth-order valence-electron chi connectivity index (χ4n) is 2.11. The molecule has 0 aliphatic rings. The van der Waals surface area contributed by atoms with Gasteiger partial charge in [-0.3, -0.25) is 9.48 Å². The number of nitrogens with one attached hydrogen (secondary N) is 1. The van der Waals surface area contributed by atoms with Crippen molar-refractivity contribution in [3.05, 3.63) is 11.3 Å². The van der Waals surface area contributed by atoms with E-state index >= 15 is 0 Å². The van der Waals surface area contributed by atoms with Gasteiger partial charge in [0, 0.05) is 39.8 Å². The van der Waals surface area contributed by atoms with Crippen LogP contribution in [0, 0.1) is 6.92 Å². The molecule has 1 aromatic heterocycles. The molecule has 6 heteroatoms. The minimum Gasteiger partial charge on any atom is -0.348 e. The monoisotopic (exact) mass is 267 g/mol. The Balaban J connectivity index is 3.07. The number of anilines is 1. The quantitative estimate of drug-likeness (QED) is 0.809. The fourth-order valence-corrected chi connectivity index (χ4v) is 2.11. The minimum absolute atomic E-state index is 0.0936. The average Bonchev–Trinajstić information content (AvgIpc) is 2.62. The molecule has 1 rings (SSSR count). The molecule has 0 aliphatic heterocycles. The van der Waals surface area contributed by atoms with Gasteiger partial charge < -0.3 is 15.1 Å². The number of carbonyl (C=O) groups excluding carboxylic acids is 1. The first-order chi connectivity index (χ1) is 8.92. The van der Waals surface area contributed by atoms with Crippen molar-refractivity contribution < 1.29 is 4.79 Å². The lowest BCUT2D eigenvalue weighted by molar-refractivity contribution is -0.127. The molecule has 1 amide bonds. The van der Waals surface area contributed by atoms with Gasteiger partial charge in [0.2, 0.25) is 5.91 Å². The molecular formula is C13H25N5O. The van der Waals surface area contributed by atoms with Gasteiger partial charge in [-0.15, -0.1) is 0 Å². The average molecular weight is 267 g/mol. The van der Waals surface area contributed by atoms with Crippen molar-refractivity contribution in [2.24, 2.45) is 7.05 Å². The molecule has 0 atom stereocenters. The maximum atomic E-state index is 11.9. The molecule has 108 valence electrons. The topological polar surface area (TPSA) is 53.4 Å². The molecule has 0 fully saturated rings. The lowest BCUT2D eigenvalue weighted by Gasteiger charge is -2.25. The second kappa shape index (κ2) is 6.56. The van der Waals surface area contributed by atoms with Gasteiger partial charge in [-0.25, -0.2) is 0 Å². The van der Waals surface area contributed by atoms with Gasteiger partial charge in [0.15, 0.2) is 0 Å². The molecule has 0 spiro atoms. The predicted octanol–water partition coefficient (Wildman–Crippen LogP) is 0.362. The van der Waals surface area contributed by atoms with E-state index in [2.05, 4.69) is 22.2 Å². The number of hydrogen-bond acceptors (Lipinski definition) is 4. The summed E-state index contributed by atoms with van der Waals surface area (Å²) in [7, 11) is 7.39. The van der Waals surface area contributed by atoms with Crippen LogP contribution in [0.1, 0.15) is 18.2 Å². The lowest BCUT2D eigenvalue weighted by Crippen LogP contribution is -2.38. The lowest BCUT2D eigenvalue weighted by atomic mass is 10.2.